The van der Waals surface area contributed by atoms with Gasteiger partial charge in [-0.3, -0.25) is 0 Å². The third-order valence-electron chi connectivity index (χ3n) is 4.64. The number of amides is 2. The van der Waals surface area contributed by atoms with E-state index in [4.69, 9.17) is 11.6 Å². The molecule has 0 radical (unpaired) electrons. The Morgan fingerprint density at radius 3 is 2.21 bits per heavy atom. The second-order valence-corrected chi connectivity index (χ2v) is 7.62. The molecule has 0 aliphatic carbocycles. The van der Waals surface area contributed by atoms with Crippen molar-refractivity contribution in [2.24, 2.45) is 0 Å². The summed E-state index contributed by atoms with van der Waals surface area (Å²) >= 11 is 5.92. The first kappa shape index (κ1) is 25.1. The van der Waals surface area contributed by atoms with Gasteiger partial charge in [-0.2, -0.15) is 0 Å². The molecule has 2 aromatic rings. The number of benzene rings is 2. The molecule has 5 nitrogen and oxygen atoms in total. The van der Waals surface area contributed by atoms with Crippen LogP contribution < -0.4 is 61.8 Å². The second-order valence-electron chi connectivity index (χ2n) is 7.18. The molecule has 1 atom stereocenters. The van der Waals surface area contributed by atoms with Crippen LogP contribution in [0.3, 0.4) is 0 Å². The molecule has 2 rings (SSSR count). The molecule has 0 aromatic heterocycles. The van der Waals surface area contributed by atoms with E-state index in [0.717, 1.165) is 11.1 Å². The molecule has 0 saturated heterocycles. The molecule has 0 aliphatic heterocycles. The fourth-order valence-electron chi connectivity index (χ4n) is 2.78. The molecule has 1 N–H and O–H groups in total. The van der Waals surface area contributed by atoms with Crippen molar-refractivity contribution < 1.29 is 66.1 Å². The molecule has 144 valence electrons. The summed E-state index contributed by atoms with van der Waals surface area (Å²) in [6.45, 7) is 4.34. The Balaban J connectivity index is 0.00000392. The van der Waals surface area contributed by atoms with Crippen LogP contribution in [0.15, 0.2) is 54.6 Å². The van der Waals surface area contributed by atoms with Crippen LogP contribution in [0.1, 0.15) is 25.0 Å². The summed E-state index contributed by atoms with van der Waals surface area (Å²) < 4.78 is 0. The summed E-state index contributed by atoms with van der Waals surface area (Å²) in [5, 5.41) is 15.0. The van der Waals surface area contributed by atoms with Crippen molar-refractivity contribution in [2.45, 2.75) is 31.7 Å². The number of hydrogen-bond donors (Lipinski definition) is 1. The first-order valence-corrected chi connectivity index (χ1v) is 9.10. The molecule has 28 heavy (non-hydrogen) atoms. The third-order valence-corrected chi connectivity index (χ3v) is 4.89. The smallest absolute Gasteiger partial charge is 0.548 e. The largest absolute Gasteiger partial charge is 1.00 e. The van der Waals surface area contributed by atoms with E-state index in [9.17, 15) is 14.7 Å². The number of carbonyl (C=O) groups is 2. The van der Waals surface area contributed by atoms with E-state index in [0.29, 0.717) is 11.6 Å². The maximum Gasteiger partial charge on any atom is 1.00 e. The van der Waals surface area contributed by atoms with E-state index < -0.39 is 18.0 Å². The van der Waals surface area contributed by atoms with Gasteiger partial charge < -0.3 is 20.1 Å². The third kappa shape index (κ3) is 7.17. The predicted molar refractivity (Wildman–Crippen MR) is 105 cm³/mol. The fraction of sp³-hybridized carbons (Fsp3) is 0.333. The van der Waals surface area contributed by atoms with E-state index in [1.165, 1.54) is 11.9 Å². The van der Waals surface area contributed by atoms with Gasteiger partial charge in [-0.05, 0) is 29.7 Å². The molecule has 7 heteroatoms. The Kier molecular flexibility index (Phi) is 10.2. The number of aliphatic carboxylic acids is 1. The van der Waals surface area contributed by atoms with Crippen LogP contribution >= 0.6 is 11.6 Å². The fourth-order valence-corrected chi connectivity index (χ4v) is 2.91. The second kappa shape index (κ2) is 11.3. The number of nitrogens with zero attached hydrogens (tertiary/aromatic N) is 1. The van der Waals surface area contributed by atoms with Gasteiger partial charge >= 0.3 is 57.4 Å². The van der Waals surface area contributed by atoms with Gasteiger partial charge in [0.25, 0.3) is 0 Å². The zero-order chi connectivity index (χ0) is 20.0. The van der Waals surface area contributed by atoms with Gasteiger partial charge in [-0.15, -0.1) is 0 Å². The summed E-state index contributed by atoms with van der Waals surface area (Å²) in [6.07, 6.45) is 0.188. The number of nitrogens with one attached hydrogen (secondary N) is 1. The van der Waals surface area contributed by atoms with Crippen molar-refractivity contribution in [2.75, 3.05) is 13.6 Å². The molecule has 0 saturated carbocycles. The van der Waals surface area contributed by atoms with Gasteiger partial charge in [0.2, 0.25) is 0 Å². The van der Waals surface area contributed by atoms with Crippen LogP contribution in [-0.2, 0) is 16.6 Å². The quantitative estimate of drug-likeness (QED) is 0.614. The van der Waals surface area contributed by atoms with Gasteiger partial charge in [-0.1, -0.05) is 67.9 Å². The van der Waals surface area contributed by atoms with Gasteiger partial charge in [0.05, 0.1) is 12.0 Å². The Hall–Kier alpha value is -0.894. The molecule has 0 spiro atoms. The monoisotopic (exact) mass is 426 g/mol. The Morgan fingerprint density at radius 2 is 1.68 bits per heavy atom. The molecular weight excluding hydrogens is 403 g/mol. The molecule has 2 aromatic carbocycles. The number of rotatable bonds is 7. The summed E-state index contributed by atoms with van der Waals surface area (Å²) in [5.74, 6) is -1.28. The number of carbonyl (C=O) groups excluding carboxylic acids is 2. The van der Waals surface area contributed by atoms with E-state index in [1.807, 2.05) is 56.3 Å². The van der Waals surface area contributed by atoms with Crippen molar-refractivity contribution in [3.8, 4) is 0 Å². The van der Waals surface area contributed by atoms with Gasteiger partial charge in [0, 0.05) is 24.0 Å². The first-order chi connectivity index (χ1) is 12.7. The maximum absolute atomic E-state index is 12.5. The normalized spacial score (nSPS) is 11.9. The number of hydrogen-bond acceptors (Lipinski definition) is 3. The number of carboxylic acids is 1. The van der Waals surface area contributed by atoms with E-state index in [-0.39, 0.29) is 63.2 Å². The van der Waals surface area contributed by atoms with Crippen LogP contribution in [0.4, 0.5) is 4.79 Å². The first-order valence-electron chi connectivity index (χ1n) is 8.72. The SMILES string of the molecule is CN(C(=O)NCC(C)(C)c1ccc(Cl)cc1)[C@H](Cc1ccccc1)C(=O)[O-].[K+]. The average Bonchev–Trinajstić information content (AvgIpc) is 2.64. The van der Waals surface area contributed by atoms with Crippen molar-refractivity contribution in [3.63, 3.8) is 0 Å². The molecular formula is C21H24ClKN2O3. The van der Waals surface area contributed by atoms with Crippen LogP contribution in [0.2, 0.25) is 5.02 Å². The summed E-state index contributed by atoms with van der Waals surface area (Å²) in [7, 11) is 1.47. The van der Waals surface area contributed by atoms with E-state index in [1.54, 1.807) is 12.1 Å². The van der Waals surface area contributed by atoms with E-state index in [2.05, 4.69) is 5.32 Å². The number of carboxylic acid groups (broad SMARTS) is 1. The van der Waals surface area contributed by atoms with Crippen LogP contribution in [0.25, 0.3) is 0 Å². The van der Waals surface area contributed by atoms with Gasteiger partial charge in [-0.25, -0.2) is 4.79 Å². The van der Waals surface area contributed by atoms with Crippen molar-refractivity contribution in [3.05, 3.63) is 70.7 Å². The van der Waals surface area contributed by atoms with Crippen molar-refractivity contribution in [1.29, 1.82) is 0 Å². The van der Waals surface area contributed by atoms with Gasteiger partial charge in [0.15, 0.2) is 0 Å². The zero-order valence-electron chi connectivity index (χ0n) is 16.7. The summed E-state index contributed by atoms with van der Waals surface area (Å²) in [4.78, 5) is 25.3. The zero-order valence-corrected chi connectivity index (χ0v) is 20.6. The minimum atomic E-state index is -1.28. The maximum atomic E-state index is 12.5. The number of urea groups is 1. The minimum absolute atomic E-state index is 0. The summed E-state index contributed by atoms with van der Waals surface area (Å²) in [5.41, 5.74) is 1.51. The predicted octanol–water partition coefficient (Wildman–Crippen LogP) is -0.376. The van der Waals surface area contributed by atoms with Crippen molar-refractivity contribution in [1.82, 2.24) is 10.2 Å². The van der Waals surface area contributed by atoms with Crippen LogP contribution in [0, 0.1) is 0 Å². The topological polar surface area (TPSA) is 72.5 Å². The average molecular weight is 427 g/mol. The van der Waals surface area contributed by atoms with Crippen LogP contribution in [-0.4, -0.2) is 36.5 Å². The number of likely N-dealkylation sites (N-methyl/N-ethyl adjacent to an activating group) is 1. The molecule has 0 aliphatic rings. The molecule has 2 amide bonds. The minimum Gasteiger partial charge on any atom is -0.548 e. The summed E-state index contributed by atoms with van der Waals surface area (Å²) in [6, 6.07) is 15.1. The number of halogens is 1. The van der Waals surface area contributed by atoms with Crippen LogP contribution in [0.5, 0.6) is 0 Å². The molecule has 0 bridgehead atoms. The molecule has 0 unspecified atom stereocenters. The standard InChI is InChI=1S/C21H25ClN2O3.K/c1-21(2,16-9-11-17(22)12-10-16)14-23-20(27)24(3)18(19(25)26)13-15-7-5-4-6-8-15;/h4-12,18H,13-14H2,1-3H3,(H,23,27)(H,25,26);/q;+1/p-1/t18-;/m1./s1. The van der Waals surface area contributed by atoms with Crippen molar-refractivity contribution >= 4 is 23.6 Å². The molecule has 0 heterocycles. The molecule has 0 fully saturated rings. The van der Waals surface area contributed by atoms with E-state index >= 15 is 0 Å². The Morgan fingerprint density at radius 1 is 1.11 bits per heavy atom. The Labute approximate surface area is 213 Å². The van der Waals surface area contributed by atoms with Gasteiger partial charge in [0.1, 0.15) is 0 Å². The Bertz CT molecular complexity index is 782.